The van der Waals surface area contributed by atoms with Gasteiger partial charge in [0.1, 0.15) is 5.82 Å². The van der Waals surface area contributed by atoms with Gasteiger partial charge in [0.2, 0.25) is 0 Å². The SMILES string of the molecule is CNC(CC1OCCc2ccccc21)c1cccc(F)c1. The summed E-state index contributed by atoms with van der Waals surface area (Å²) in [6.45, 7) is 0.751. The Balaban J connectivity index is 1.82. The van der Waals surface area contributed by atoms with Crippen molar-refractivity contribution in [3.8, 4) is 0 Å². The molecule has 3 rings (SSSR count). The van der Waals surface area contributed by atoms with E-state index in [9.17, 15) is 4.39 Å². The summed E-state index contributed by atoms with van der Waals surface area (Å²) in [5.74, 6) is -0.197. The lowest BCUT2D eigenvalue weighted by atomic mass is 9.91. The van der Waals surface area contributed by atoms with Gasteiger partial charge in [-0.15, -0.1) is 0 Å². The zero-order valence-electron chi connectivity index (χ0n) is 12.2. The number of ether oxygens (including phenoxy) is 1. The van der Waals surface area contributed by atoms with Gasteiger partial charge in [-0.3, -0.25) is 0 Å². The number of hydrogen-bond donors (Lipinski definition) is 1. The van der Waals surface area contributed by atoms with Crippen LogP contribution in [0.15, 0.2) is 48.5 Å². The number of nitrogens with one attached hydrogen (secondary N) is 1. The first-order chi connectivity index (χ1) is 10.3. The molecule has 0 bridgehead atoms. The molecule has 0 saturated heterocycles. The summed E-state index contributed by atoms with van der Waals surface area (Å²) in [6.07, 6.45) is 1.84. The fraction of sp³-hybridized carbons (Fsp3) is 0.333. The Labute approximate surface area is 125 Å². The molecule has 2 aromatic carbocycles. The van der Waals surface area contributed by atoms with E-state index in [0.29, 0.717) is 0 Å². The average molecular weight is 285 g/mol. The van der Waals surface area contributed by atoms with E-state index < -0.39 is 0 Å². The molecule has 1 aliphatic heterocycles. The first-order valence-electron chi connectivity index (χ1n) is 7.40. The predicted octanol–water partition coefficient (Wildman–Crippen LogP) is 3.79. The molecule has 2 nitrogen and oxygen atoms in total. The van der Waals surface area contributed by atoms with E-state index in [1.807, 2.05) is 13.1 Å². The number of fused-ring (bicyclic) bond motifs is 1. The van der Waals surface area contributed by atoms with E-state index in [4.69, 9.17) is 4.74 Å². The molecule has 0 aliphatic carbocycles. The standard InChI is InChI=1S/C18H20FNO/c1-20-17(14-6-4-7-15(19)11-14)12-18-16-8-3-2-5-13(16)9-10-21-18/h2-8,11,17-18,20H,9-10,12H2,1H3. The molecular weight excluding hydrogens is 265 g/mol. The van der Waals surface area contributed by atoms with Crippen molar-refractivity contribution < 1.29 is 9.13 Å². The van der Waals surface area contributed by atoms with Crippen molar-refractivity contribution >= 4 is 0 Å². The second-order valence-electron chi connectivity index (χ2n) is 5.44. The molecule has 1 N–H and O–H groups in total. The van der Waals surface area contributed by atoms with Crippen LogP contribution in [0.3, 0.4) is 0 Å². The molecular formula is C18H20FNO. The minimum absolute atomic E-state index is 0.0654. The lowest BCUT2D eigenvalue weighted by molar-refractivity contribution is 0.0298. The normalized spacial score (nSPS) is 19.0. The Morgan fingerprint density at radius 1 is 1.24 bits per heavy atom. The minimum atomic E-state index is -0.197. The molecule has 1 aliphatic rings. The third kappa shape index (κ3) is 3.14. The monoisotopic (exact) mass is 285 g/mol. The van der Waals surface area contributed by atoms with Crippen molar-refractivity contribution in [3.05, 3.63) is 71.0 Å². The molecule has 3 heteroatoms. The van der Waals surface area contributed by atoms with E-state index in [1.54, 1.807) is 12.1 Å². The second-order valence-corrected chi connectivity index (χ2v) is 5.44. The van der Waals surface area contributed by atoms with Crippen molar-refractivity contribution in [3.63, 3.8) is 0 Å². The van der Waals surface area contributed by atoms with E-state index in [-0.39, 0.29) is 18.0 Å². The maximum atomic E-state index is 13.4. The van der Waals surface area contributed by atoms with E-state index in [0.717, 1.165) is 25.0 Å². The summed E-state index contributed by atoms with van der Waals surface area (Å²) >= 11 is 0. The summed E-state index contributed by atoms with van der Waals surface area (Å²) in [7, 11) is 1.91. The minimum Gasteiger partial charge on any atom is -0.373 e. The van der Waals surface area contributed by atoms with Crippen LogP contribution in [0.4, 0.5) is 4.39 Å². The lowest BCUT2D eigenvalue weighted by Crippen LogP contribution is -2.24. The van der Waals surface area contributed by atoms with E-state index in [2.05, 4.69) is 29.6 Å². The zero-order valence-corrected chi connectivity index (χ0v) is 12.2. The van der Waals surface area contributed by atoms with Gasteiger partial charge in [-0.1, -0.05) is 36.4 Å². The fourth-order valence-corrected chi connectivity index (χ4v) is 3.03. The van der Waals surface area contributed by atoms with Crippen molar-refractivity contribution in [2.75, 3.05) is 13.7 Å². The van der Waals surface area contributed by atoms with Crippen LogP contribution in [0.25, 0.3) is 0 Å². The average Bonchev–Trinajstić information content (AvgIpc) is 2.52. The van der Waals surface area contributed by atoms with Crippen LogP contribution >= 0.6 is 0 Å². The quantitative estimate of drug-likeness (QED) is 0.923. The van der Waals surface area contributed by atoms with Crippen molar-refractivity contribution in [2.24, 2.45) is 0 Å². The van der Waals surface area contributed by atoms with Gasteiger partial charge in [0.25, 0.3) is 0 Å². The van der Waals surface area contributed by atoms with Gasteiger partial charge in [-0.25, -0.2) is 4.39 Å². The van der Waals surface area contributed by atoms with Gasteiger partial charge in [-0.2, -0.15) is 0 Å². The summed E-state index contributed by atoms with van der Waals surface area (Å²) in [4.78, 5) is 0. The smallest absolute Gasteiger partial charge is 0.123 e. The Hall–Kier alpha value is -1.71. The summed E-state index contributed by atoms with van der Waals surface area (Å²) in [6, 6.07) is 15.3. The van der Waals surface area contributed by atoms with Crippen LogP contribution in [0.2, 0.25) is 0 Å². The third-order valence-corrected chi connectivity index (χ3v) is 4.14. The topological polar surface area (TPSA) is 21.3 Å². The van der Waals surface area contributed by atoms with Crippen molar-refractivity contribution in [2.45, 2.75) is 25.0 Å². The fourth-order valence-electron chi connectivity index (χ4n) is 3.03. The van der Waals surface area contributed by atoms with Gasteiger partial charge in [0, 0.05) is 6.04 Å². The molecule has 2 atom stereocenters. The zero-order chi connectivity index (χ0) is 14.7. The Morgan fingerprint density at radius 2 is 2.10 bits per heavy atom. The van der Waals surface area contributed by atoms with E-state index >= 15 is 0 Å². The molecule has 2 unspecified atom stereocenters. The van der Waals surface area contributed by atoms with Gasteiger partial charge in [-0.05, 0) is 48.7 Å². The number of halogens is 1. The summed E-state index contributed by atoms with van der Waals surface area (Å²) in [5.41, 5.74) is 3.59. The molecule has 0 radical (unpaired) electrons. The molecule has 0 saturated carbocycles. The number of hydrogen-bond acceptors (Lipinski definition) is 2. The molecule has 21 heavy (non-hydrogen) atoms. The van der Waals surface area contributed by atoms with Crippen LogP contribution < -0.4 is 5.32 Å². The van der Waals surface area contributed by atoms with Crippen LogP contribution in [0, 0.1) is 5.82 Å². The highest BCUT2D eigenvalue weighted by Crippen LogP contribution is 2.34. The van der Waals surface area contributed by atoms with Crippen LogP contribution in [0.1, 0.15) is 35.3 Å². The summed E-state index contributed by atoms with van der Waals surface area (Å²) < 4.78 is 19.4. The van der Waals surface area contributed by atoms with Gasteiger partial charge < -0.3 is 10.1 Å². The molecule has 0 fully saturated rings. The molecule has 0 aromatic heterocycles. The number of benzene rings is 2. The summed E-state index contributed by atoms with van der Waals surface area (Å²) in [5, 5.41) is 3.28. The van der Waals surface area contributed by atoms with Crippen LogP contribution in [-0.4, -0.2) is 13.7 Å². The molecule has 2 aromatic rings. The Bertz CT molecular complexity index is 614. The highest BCUT2D eigenvalue weighted by molar-refractivity contribution is 5.31. The Kier molecular flexibility index (Phi) is 4.32. The molecule has 1 heterocycles. The maximum Gasteiger partial charge on any atom is 0.123 e. The van der Waals surface area contributed by atoms with Gasteiger partial charge in [0.05, 0.1) is 12.7 Å². The largest absolute Gasteiger partial charge is 0.373 e. The van der Waals surface area contributed by atoms with Crippen LogP contribution in [-0.2, 0) is 11.2 Å². The van der Waals surface area contributed by atoms with Crippen molar-refractivity contribution in [1.29, 1.82) is 0 Å². The van der Waals surface area contributed by atoms with E-state index in [1.165, 1.54) is 17.2 Å². The highest BCUT2D eigenvalue weighted by atomic mass is 19.1. The first-order valence-corrected chi connectivity index (χ1v) is 7.40. The lowest BCUT2D eigenvalue weighted by Gasteiger charge is -2.29. The Morgan fingerprint density at radius 3 is 2.90 bits per heavy atom. The molecule has 110 valence electrons. The predicted molar refractivity (Wildman–Crippen MR) is 81.7 cm³/mol. The second kappa shape index (κ2) is 6.37. The van der Waals surface area contributed by atoms with Crippen molar-refractivity contribution in [1.82, 2.24) is 5.32 Å². The highest BCUT2D eigenvalue weighted by Gasteiger charge is 2.24. The third-order valence-electron chi connectivity index (χ3n) is 4.14. The molecule has 0 spiro atoms. The van der Waals surface area contributed by atoms with Crippen LogP contribution in [0.5, 0.6) is 0 Å². The maximum absolute atomic E-state index is 13.4. The van der Waals surface area contributed by atoms with Gasteiger partial charge >= 0.3 is 0 Å². The number of rotatable bonds is 4. The molecule has 0 amide bonds. The van der Waals surface area contributed by atoms with Gasteiger partial charge in [0.15, 0.2) is 0 Å². The first kappa shape index (κ1) is 14.2.